The number of anilines is 1. The highest BCUT2D eigenvalue weighted by Gasteiger charge is 2.32. The van der Waals surface area contributed by atoms with Gasteiger partial charge in [-0.1, -0.05) is 35.9 Å². The van der Waals surface area contributed by atoms with Gasteiger partial charge in [0.1, 0.15) is 18.3 Å². The Hall–Kier alpha value is -2.78. The molecule has 0 aliphatic heterocycles. The van der Waals surface area contributed by atoms with Gasteiger partial charge in [0.15, 0.2) is 0 Å². The van der Waals surface area contributed by atoms with E-state index in [1.54, 1.807) is 49.4 Å². The van der Waals surface area contributed by atoms with E-state index < -0.39 is 34.1 Å². The third kappa shape index (κ3) is 7.86. The average molecular weight is 524 g/mol. The van der Waals surface area contributed by atoms with Crippen LogP contribution in [0.2, 0.25) is 5.02 Å². The van der Waals surface area contributed by atoms with Gasteiger partial charge in [-0.15, -0.1) is 0 Å². The number of nitrogens with zero attached hydrogens (tertiary/aromatic N) is 2. The molecule has 0 heterocycles. The lowest BCUT2D eigenvalue weighted by molar-refractivity contribution is -0.140. The van der Waals surface area contributed by atoms with E-state index in [-0.39, 0.29) is 18.1 Å². The van der Waals surface area contributed by atoms with Crippen LogP contribution in [0.5, 0.6) is 5.75 Å². The highest BCUT2D eigenvalue weighted by atomic mass is 35.5. The third-order valence-corrected chi connectivity index (χ3v) is 6.74. The monoisotopic (exact) mass is 523 g/mol. The number of methoxy groups -OCH3 is 1. The predicted molar refractivity (Wildman–Crippen MR) is 139 cm³/mol. The van der Waals surface area contributed by atoms with Crippen molar-refractivity contribution < 1.29 is 22.7 Å². The minimum atomic E-state index is -3.87. The highest BCUT2D eigenvalue weighted by molar-refractivity contribution is 7.92. The predicted octanol–water partition coefficient (Wildman–Crippen LogP) is 3.76. The van der Waals surface area contributed by atoms with Crippen LogP contribution in [-0.4, -0.2) is 56.6 Å². The number of nitrogens with one attached hydrogen (secondary N) is 1. The fourth-order valence-electron chi connectivity index (χ4n) is 3.46. The average Bonchev–Trinajstić information content (AvgIpc) is 2.74. The van der Waals surface area contributed by atoms with Crippen LogP contribution in [-0.2, 0) is 26.2 Å². The zero-order valence-electron chi connectivity index (χ0n) is 21.3. The van der Waals surface area contributed by atoms with Gasteiger partial charge in [0.05, 0.1) is 19.1 Å². The summed E-state index contributed by atoms with van der Waals surface area (Å²) < 4.78 is 31.9. The Morgan fingerprint density at radius 2 is 1.77 bits per heavy atom. The van der Waals surface area contributed by atoms with E-state index in [1.165, 1.54) is 12.0 Å². The summed E-state index contributed by atoms with van der Waals surface area (Å²) in [6.07, 6.45) is 1.02. The van der Waals surface area contributed by atoms with Crippen molar-refractivity contribution >= 4 is 39.1 Å². The van der Waals surface area contributed by atoms with E-state index in [0.29, 0.717) is 16.3 Å². The number of aryl methyl sites for hydroxylation is 1. The molecular formula is C25H34ClN3O5S. The van der Waals surface area contributed by atoms with Crippen molar-refractivity contribution in [3.05, 3.63) is 58.6 Å². The summed E-state index contributed by atoms with van der Waals surface area (Å²) in [7, 11) is -2.44. The summed E-state index contributed by atoms with van der Waals surface area (Å²) in [4.78, 5) is 28.0. The molecule has 0 radical (unpaired) electrons. The van der Waals surface area contributed by atoms with Crippen molar-refractivity contribution in [3.8, 4) is 5.75 Å². The number of sulfonamides is 1. The first-order valence-electron chi connectivity index (χ1n) is 11.1. The van der Waals surface area contributed by atoms with Gasteiger partial charge >= 0.3 is 0 Å². The molecule has 10 heteroatoms. The van der Waals surface area contributed by atoms with Gasteiger partial charge in [-0.3, -0.25) is 13.9 Å². The van der Waals surface area contributed by atoms with Crippen LogP contribution >= 0.6 is 11.6 Å². The smallest absolute Gasteiger partial charge is 0.244 e. The molecule has 2 rings (SSSR count). The Bertz CT molecular complexity index is 1180. The molecule has 0 aliphatic rings. The summed E-state index contributed by atoms with van der Waals surface area (Å²) in [5.41, 5.74) is 1.16. The molecule has 2 aromatic carbocycles. The van der Waals surface area contributed by atoms with E-state index in [0.717, 1.165) is 16.1 Å². The lowest BCUT2D eigenvalue weighted by Gasteiger charge is -2.33. The van der Waals surface area contributed by atoms with Gasteiger partial charge in [-0.25, -0.2) is 8.42 Å². The van der Waals surface area contributed by atoms with Gasteiger partial charge < -0.3 is 15.0 Å². The molecular weight excluding hydrogens is 490 g/mol. The van der Waals surface area contributed by atoms with Crippen LogP contribution in [0.15, 0.2) is 42.5 Å². The number of hydrogen-bond donors (Lipinski definition) is 1. The highest BCUT2D eigenvalue weighted by Crippen LogP contribution is 2.31. The maximum absolute atomic E-state index is 13.6. The number of benzene rings is 2. The van der Waals surface area contributed by atoms with E-state index in [2.05, 4.69) is 5.32 Å². The molecule has 35 heavy (non-hydrogen) atoms. The first-order valence-corrected chi connectivity index (χ1v) is 13.3. The Balaban J connectivity index is 2.49. The Morgan fingerprint density at radius 1 is 1.14 bits per heavy atom. The summed E-state index contributed by atoms with van der Waals surface area (Å²) >= 11 is 6.33. The van der Waals surface area contributed by atoms with E-state index in [4.69, 9.17) is 16.3 Å². The van der Waals surface area contributed by atoms with Gasteiger partial charge in [0.2, 0.25) is 21.8 Å². The topological polar surface area (TPSA) is 96.0 Å². The SMILES string of the molecule is COc1ccc(C)cc1N(CC(=O)N(Cc1ccccc1Cl)C(C)C(=O)NC(C)(C)C)S(C)(=O)=O. The van der Waals surface area contributed by atoms with Crippen molar-refractivity contribution in [2.45, 2.75) is 52.7 Å². The molecule has 0 fully saturated rings. The van der Waals surface area contributed by atoms with Gasteiger partial charge in [0.25, 0.3) is 0 Å². The van der Waals surface area contributed by atoms with E-state index in [9.17, 15) is 18.0 Å². The van der Waals surface area contributed by atoms with Gasteiger partial charge in [-0.2, -0.15) is 0 Å². The minimum absolute atomic E-state index is 0.0276. The molecule has 0 spiro atoms. The second-order valence-corrected chi connectivity index (χ2v) is 11.8. The van der Waals surface area contributed by atoms with Crippen molar-refractivity contribution in [2.75, 3.05) is 24.2 Å². The van der Waals surface area contributed by atoms with Crippen molar-refractivity contribution in [2.24, 2.45) is 0 Å². The van der Waals surface area contributed by atoms with Crippen LogP contribution in [0.4, 0.5) is 5.69 Å². The molecule has 1 unspecified atom stereocenters. The molecule has 2 aromatic rings. The summed E-state index contributed by atoms with van der Waals surface area (Å²) in [6, 6.07) is 11.2. The molecule has 0 saturated heterocycles. The van der Waals surface area contributed by atoms with Crippen molar-refractivity contribution in [1.29, 1.82) is 0 Å². The van der Waals surface area contributed by atoms with E-state index >= 15 is 0 Å². The summed E-state index contributed by atoms with van der Waals surface area (Å²) in [5.74, 6) is -0.614. The first-order chi connectivity index (χ1) is 16.1. The first kappa shape index (κ1) is 28.5. The number of halogens is 1. The fourth-order valence-corrected chi connectivity index (χ4v) is 4.50. The fraction of sp³-hybridized carbons (Fsp3) is 0.440. The van der Waals surface area contributed by atoms with Crippen LogP contribution in [0.1, 0.15) is 38.8 Å². The lowest BCUT2D eigenvalue weighted by atomic mass is 10.1. The maximum Gasteiger partial charge on any atom is 0.244 e. The number of carbonyl (C=O) groups is 2. The summed E-state index contributed by atoms with van der Waals surface area (Å²) in [5, 5.41) is 3.32. The number of hydrogen-bond acceptors (Lipinski definition) is 5. The number of ether oxygens (including phenoxy) is 1. The summed E-state index contributed by atoms with van der Waals surface area (Å²) in [6.45, 7) is 8.45. The zero-order chi connectivity index (χ0) is 26.6. The quantitative estimate of drug-likeness (QED) is 0.540. The van der Waals surface area contributed by atoms with E-state index in [1.807, 2.05) is 27.7 Å². The van der Waals surface area contributed by atoms with Crippen molar-refractivity contribution in [3.63, 3.8) is 0 Å². The normalized spacial score (nSPS) is 12.6. The standard InChI is InChI=1S/C25H34ClN3O5S/c1-17-12-13-22(34-6)21(14-17)29(35(7,32)33)16-23(30)28(15-19-10-8-9-11-20(19)26)18(2)24(31)27-25(3,4)5/h8-14,18H,15-16H2,1-7H3,(H,27,31). The second-order valence-electron chi connectivity index (χ2n) is 9.47. The second kappa shape index (κ2) is 11.3. The number of amides is 2. The Kier molecular flexibility index (Phi) is 9.19. The van der Waals surface area contributed by atoms with Crippen LogP contribution in [0, 0.1) is 6.92 Å². The Labute approximate surface area is 213 Å². The van der Waals surface area contributed by atoms with Crippen LogP contribution in [0.3, 0.4) is 0 Å². The molecule has 0 bridgehead atoms. The van der Waals surface area contributed by atoms with Gasteiger partial charge in [-0.05, 0) is 63.9 Å². The molecule has 0 aromatic heterocycles. The molecule has 0 aliphatic carbocycles. The van der Waals surface area contributed by atoms with Crippen molar-refractivity contribution in [1.82, 2.24) is 10.2 Å². The third-order valence-electron chi connectivity index (χ3n) is 5.25. The molecule has 1 N–H and O–H groups in total. The molecule has 2 amide bonds. The molecule has 8 nitrogen and oxygen atoms in total. The maximum atomic E-state index is 13.6. The minimum Gasteiger partial charge on any atom is -0.495 e. The molecule has 192 valence electrons. The Morgan fingerprint density at radius 3 is 2.31 bits per heavy atom. The zero-order valence-corrected chi connectivity index (χ0v) is 22.8. The largest absolute Gasteiger partial charge is 0.495 e. The van der Waals surface area contributed by atoms with Crippen LogP contribution < -0.4 is 14.4 Å². The number of carbonyl (C=O) groups excluding carboxylic acids is 2. The molecule has 0 saturated carbocycles. The molecule has 1 atom stereocenters. The van der Waals surface area contributed by atoms with Gasteiger partial charge in [0, 0.05) is 17.1 Å². The lowest BCUT2D eigenvalue weighted by Crippen LogP contribution is -2.54. The number of rotatable bonds is 9. The van der Waals surface area contributed by atoms with Crippen LogP contribution in [0.25, 0.3) is 0 Å².